The van der Waals surface area contributed by atoms with Crippen LogP contribution in [-0.4, -0.2) is 39.9 Å². The second kappa shape index (κ2) is 7.67. The molecule has 0 saturated heterocycles. The summed E-state index contributed by atoms with van der Waals surface area (Å²) in [5.74, 6) is 0.743. The molecule has 1 aromatic heterocycles. The van der Waals surface area contributed by atoms with Crippen LogP contribution in [0.4, 0.5) is 5.69 Å². The average molecular weight is 418 g/mol. The molecule has 2 aromatic carbocycles. The Balaban J connectivity index is 1.53. The highest BCUT2D eigenvalue weighted by molar-refractivity contribution is 6.04. The maximum atomic E-state index is 12.7. The number of hydrogen-bond donors (Lipinski definition) is 2. The van der Waals surface area contributed by atoms with E-state index in [9.17, 15) is 9.59 Å². The van der Waals surface area contributed by atoms with Gasteiger partial charge in [-0.05, 0) is 36.8 Å². The lowest BCUT2D eigenvalue weighted by molar-refractivity contribution is -0.128. The molecule has 0 aliphatic carbocycles. The fourth-order valence-electron chi connectivity index (χ4n) is 3.40. The van der Waals surface area contributed by atoms with Gasteiger partial charge in [0.15, 0.2) is 5.96 Å². The minimum absolute atomic E-state index is 0.110. The van der Waals surface area contributed by atoms with Gasteiger partial charge in [0.2, 0.25) is 17.6 Å². The third-order valence-electron chi connectivity index (χ3n) is 5.25. The van der Waals surface area contributed by atoms with Crippen LogP contribution >= 0.6 is 0 Å². The van der Waals surface area contributed by atoms with Gasteiger partial charge < -0.3 is 15.6 Å². The Hall–Kier alpha value is -4.01. The monoisotopic (exact) mass is 418 g/mol. The Kier molecular flexibility index (Phi) is 5.02. The zero-order chi connectivity index (χ0) is 22.2. The molecule has 2 heterocycles. The lowest BCUT2D eigenvalue weighted by Gasteiger charge is -2.33. The fourth-order valence-corrected chi connectivity index (χ4v) is 3.40. The molecule has 158 valence electrons. The first-order chi connectivity index (χ1) is 14.7. The summed E-state index contributed by atoms with van der Waals surface area (Å²) in [5.41, 5.74) is 7.74. The number of aromatic nitrogens is 2. The lowest BCUT2D eigenvalue weighted by atomic mass is 9.87. The molecule has 1 aliphatic rings. The minimum Gasteiger partial charge on any atom is -0.369 e. The minimum atomic E-state index is -0.793. The first-order valence-corrected chi connectivity index (χ1v) is 9.70. The van der Waals surface area contributed by atoms with Crippen LogP contribution in [0.5, 0.6) is 0 Å². The van der Waals surface area contributed by atoms with E-state index in [2.05, 4.69) is 20.4 Å². The molecule has 0 bridgehead atoms. The average Bonchev–Trinajstić information content (AvgIpc) is 3.18. The first-order valence-electron chi connectivity index (χ1n) is 9.70. The number of hydrogen-bond acceptors (Lipinski definition) is 7. The lowest BCUT2D eigenvalue weighted by Crippen LogP contribution is -2.47. The van der Waals surface area contributed by atoms with E-state index >= 15 is 0 Å². The Bertz CT molecular complexity index is 1180. The summed E-state index contributed by atoms with van der Waals surface area (Å²) in [5, 5.41) is 6.76. The maximum Gasteiger partial charge on any atom is 0.255 e. The van der Waals surface area contributed by atoms with Gasteiger partial charge in [0.05, 0.1) is 12.0 Å². The van der Waals surface area contributed by atoms with E-state index in [0.29, 0.717) is 23.0 Å². The molecule has 0 fully saturated rings. The Morgan fingerprint density at radius 1 is 1.23 bits per heavy atom. The number of guanidine groups is 1. The van der Waals surface area contributed by atoms with Gasteiger partial charge in [-0.3, -0.25) is 14.5 Å². The number of benzene rings is 2. The molecule has 3 N–H and O–H groups in total. The first kappa shape index (κ1) is 20.3. The summed E-state index contributed by atoms with van der Waals surface area (Å²) >= 11 is 0. The second-order valence-electron chi connectivity index (χ2n) is 7.62. The van der Waals surface area contributed by atoms with Crippen molar-refractivity contribution >= 4 is 23.5 Å². The number of aliphatic imine (C=N–C) groups is 1. The highest BCUT2D eigenvalue weighted by Gasteiger charge is 2.36. The van der Waals surface area contributed by atoms with Crippen LogP contribution in [0.3, 0.4) is 0 Å². The summed E-state index contributed by atoms with van der Waals surface area (Å²) in [6.07, 6.45) is 0.193. The van der Waals surface area contributed by atoms with Crippen LogP contribution in [0, 0.1) is 6.92 Å². The molecule has 1 atom stereocenters. The second-order valence-corrected chi connectivity index (χ2v) is 7.62. The van der Waals surface area contributed by atoms with E-state index in [-0.39, 0.29) is 24.2 Å². The molecule has 2 amide bonds. The fraction of sp³-hybridized carbons (Fsp3) is 0.227. The molecular weight excluding hydrogens is 396 g/mol. The van der Waals surface area contributed by atoms with E-state index in [4.69, 9.17) is 10.3 Å². The number of amides is 2. The molecule has 0 spiro atoms. The number of carbonyl (C=O) groups is 2. The standard InChI is InChI=1S/C22H22N6O3/c1-13-24-19(27-31-13)14-7-9-15(10-8-14)20(30)25-17-6-4-5-16(11-17)22(2)12-18(29)28(3)21(23)26-22/h4-11H,12H2,1-3H3,(H2,23,26)(H,25,30). The quantitative estimate of drug-likeness (QED) is 0.671. The summed E-state index contributed by atoms with van der Waals surface area (Å²) in [6, 6.07) is 14.2. The molecule has 3 aromatic rings. The van der Waals surface area contributed by atoms with Gasteiger partial charge >= 0.3 is 0 Å². The molecule has 0 saturated carbocycles. The van der Waals surface area contributed by atoms with E-state index < -0.39 is 5.54 Å². The largest absolute Gasteiger partial charge is 0.369 e. The van der Waals surface area contributed by atoms with Crippen LogP contribution in [0.15, 0.2) is 58.0 Å². The zero-order valence-electron chi connectivity index (χ0n) is 17.4. The van der Waals surface area contributed by atoms with Gasteiger partial charge in [-0.15, -0.1) is 0 Å². The Labute approximate surface area is 179 Å². The molecule has 9 heteroatoms. The summed E-state index contributed by atoms with van der Waals surface area (Å²) in [6.45, 7) is 3.57. The smallest absolute Gasteiger partial charge is 0.255 e. The SMILES string of the molecule is Cc1nc(-c2ccc(C(=O)Nc3cccc(C4(C)CC(=O)N(C)C(N)=N4)c3)cc2)no1. The number of nitrogens with two attached hydrogens (primary N) is 1. The highest BCUT2D eigenvalue weighted by Crippen LogP contribution is 2.34. The van der Waals surface area contributed by atoms with Crippen LogP contribution in [0.25, 0.3) is 11.4 Å². The van der Waals surface area contributed by atoms with Crippen LogP contribution in [-0.2, 0) is 10.3 Å². The van der Waals surface area contributed by atoms with Crippen molar-refractivity contribution in [2.45, 2.75) is 25.8 Å². The summed E-state index contributed by atoms with van der Waals surface area (Å²) in [4.78, 5) is 35.0. The van der Waals surface area contributed by atoms with Crippen LogP contribution in [0.1, 0.15) is 35.2 Å². The van der Waals surface area contributed by atoms with Crippen molar-refractivity contribution in [3.05, 3.63) is 65.5 Å². The zero-order valence-corrected chi connectivity index (χ0v) is 17.4. The van der Waals surface area contributed by atoms with Crippen molar-refractivity contribution in [3.63, 3.8) is 0 Å². The number of anilines is 1. The van der Waals surface area contributed by atoms with E-state index in [0.717, 1.165) is 11.1 Å². The van der Waals surface area contributed by atoms with Gasteiger partial charge in [0, 0.05) is 30.8 Å². The Morgan fingerprint density at radius 2 is 1.97 bits per heavy atom. The number of nitrogens with zero attached hydrogens (tertiary/aromatic N) is 4. The van der Waals surface area contributed by atoms with Crippen molar-refractivity contribution in [2.24, 2.45) is 10.7 Å². The van der Waals surface area contributed by atoms with Crippen LogP contribution < -0.4 is 11.1 Å². The summed E-state index contributed by atoms with van der Waals surface area (Å²) < 4.78 is 4.98. The summed E-state index contributed by atoms with van der Waals surface area (Å²) in [7, 11) is 1.60. The van der Waals surface area contributed by atoms with Gasteiger partial charge in [-0.1, -0.05) is 29.4 Å². The van der Waals surface area contributed by atoms with E-state index in [1.54, 1.807) is 44.3 Å². The maximum absolute atomic E-state index is 12.7. The van der Waals surface area contributed by atoms with Crippen molar-refractivity contribution < 1.29 is 14.1 Å². The highest BCUT2D eigenvalue weighted by atomic mass is 16.5. The van der Waals surface area contributed by atoms with Crippen molar-refractivity contribution in [1.29, 1.82) is 0 Å². The van der Waals surface area contributed by atoms with Gasteiger partial charge in [-0.25, -0.2) is 4.99 Å². The molecular formula is C22H22N6O3. The van der Waals surface area contributed by atoms with Gasteiger partial charge in [0.25, 0.3) is 5.91 Å². The molecule has 0 radical (unpaired) electrons. The number of carbonyl (C=O) groups excluding carboxylic acids is 2. The molecule has 1 unspecified atom stereocenters. The third kappa shape index (κ3) is 4.02. The van der Waals surface area contributed by atoms with Gasteiger partial charge in [-0.2, -0.15) is 4.98 Å². The van der Waals surface area contributed by atoms with E-state index in [1.807, 2.05) is 25.1 Å². The van der Waals surface area contributed by atoms with Gasteiger partial charge in [0.1, 0.15) is 0 Å². The van der Waals surface area contributed by atoms with Crippen molar-refractivity contribution in [1.82, 2.24) is 15.0 Å². The predicted molar refractivity (Wildman–Crippen MR) is 115 cm³/mol. The van der Waals surface area contributed by atoms with E-state index in [1.165, 1.54) is 4.90 Å². The molecule has 1 aliphatic heterocycles. The molecule has 4 rings (SSSR count). The van der Waals surface area contributed by atoms with Crippen molar-refractivity contribution in [2.75, 3.05) is 12.4 Å². The van der Waals surface area contributed by atoms with Crippen LogP contribution in [0.2, 0.25) is 0 Å². The topological polar surface area (TPSA) is 127 Å². The number of rotatable bonds is 4. The van der Waals surface area contributed by atoms with Crippen molar-refractivity contribution in [3.8, 4) is 11.4 Å². The predicted octanol–water partition coefficient (Wildman–Crippen LogP) is 2.69. The normalized spacial score (nSPS) is 18.6. The number of aryl methyl sites for hydroxylation is 1. The molecule has 9 nitrogen and oxygen atoms in total. The number of nitrogens with one attached hydrogen (secondary N) is 1. The third-order valence-corrected chi connectivity index (χ3v) is 5.25. The molecule has 31 heavy (non-hydrogen) atoms. The Morgan fingerprint density at radius 3 is 2.61 bits per heavy atom.